The number of nitrogens with zero attached hydrogens (tertiary/aromatic N) is 2. The van der Waals surface area contributed by atoms with Crippen molar-refractivity contribution in [3.05, 3.63) is 97.4 Å². The van der Waals surface area contributed by atoms with Gasteiger partial charge in [0.15, 0.2) is 0 Å². The van der Waals surface area contributed by atoms with Crippen molar-refractivity contribution in [3.63, 3.8) is 0 Å². The van der Waals surface area contributed by atoms with Gasteiger partial charge in [-0.25, -0.2) is 4.98 Å². The van der Waals surface area contributed by atoms with Crippen LogP contribution in [0, 0.1) is 12.3 Å². The van der Waals surface area contributed by atoms with Gasteiger partial charge in [-0.2, -0.15) is 0 Å². The minimum Gasteiger partial charge on any atom is -0.296 e. The van der Waals surface area contributed by atoms with Crippen LogP contribution in [0.2, 0.25) is 0 Å². The average molecular weight is 371 g/mol. The fourth-order valence-electron chi connectivity index (χ4n) is 2.73. The molecule has 0 atom stereocenters. The second kappa shape index (κ2) is 12.9. The molecule has 0 radical (unpaired) electrons. The lowest BCUT2D eigenvalue weighted by Gasteiger charge is -2.08. The number of imidazole rings is 1. The minimum atomic E-state index is 0.840. The van der Waals surface area contributed by atoms with E-state index in [0.29, 0.717) is 0 Å². The van der Waals surface area contributed by atoms with E-state index in [1.54, 1.807) is 6.92 Å². The number of benzene rings is 2. The van der Waals surface area contributed by atoms with Crippen molar-refractivity contribution in [2.24, 2.45) is 0 Å². The van der Waals surface area contributed by atoms with Crippen LogP contribution in [-0.2, 0) is 6.42 Å². The van der Waals surface area contributed by atoms with Crippen LogP contribution in [-0.4, -0.2) is 9.55 Å². The van der Waals surface area contributed by atoms with Crippen molar-refractivity contribution in [1.29, 1.82) is 0 Å². The molecule has 0 aliphatic heterocycles. The van der Waals surface area contributed by atoms with Crippen molar-refractivity contribution in [3.8, 4) is 18.0 Å². The Hall–Kier alpha value is -3.31. The van der Waals surface area contributed by atoms with E-state index in [9.17, 15) is 0 Å². The minimum absolute atomic E-state index is 0.840. The third-order valence-electron chi connectivity index (χ3n) is 3.95. The van der Waals surface area contributed by atoms with Crippen LogP contribution < -0.4 is 0 Å². The van der Waals surface area contributed by atoms with Crippen LogP contribution >= 0.6 is 0 Å². The maximum atomic E-state index is 4.84. The monoisotopic (exact) mass is 370 g/mol. The van der Waals surface area contributed by atoms with E-state index in [1.165, 1.54) is 5.57 Å². The lowest BCUT2D eigenvalue weighted by atomic mass is 10.1. The molecule has 0 N–H and O–H groups in total. The summed E-state index contributed by atoms with van der Waals surface area (Å²) in [6.45, 7) is 11.9. The van der Waals surface area contributed by atoms with Crippen LogP contribution in [0.4, 0.5) is 0 Å². The number of terminal acetylenes is 1. The number of hydrogen-bond donors (Lipinski definition) is 0. The summed E-state index contributed by atoms with van der Waals surface area (Å²) in [6, 6.07) is 18.8. The summed E-state index contributed by atoms with van der Waals surface area (Å²) in [7, 11) is 0. The molecule has 3 rings (SSSR count). The molecule has 1 aromatic heterocycles. The lowest BCUT2D eigenvalue weighted by molar-refractivity contribution is 0.941. The SMILES string of the molecule is C#CC.C/C=C\C/C(C)=C\Cc1nc2ccccc2n1-c1ccccc1.C=C. The normalized spacial score (nSPS) is 10.6. The Bertz CT molecular complexity index is 937. The summed E-state index contributed by atoms with van der Waals surface area (Å²) < 4.78 is 2.26. The number of allylic oxidation sites excluding steroid dienone is 4. The van der Waals surface area contributed by atoms with Crippen LogP contribution in [0.15, 0.2) is 91.6 Å². The van der Waals surface area contributed by atoms with Crippen LogP contribution in [0.1, 0.15) is 33.0 Å². The van der Waals surface area contributed by atoms with E-state index >= 15 is 0 Å². The first-order valence-corrected chi connectivity index (χ1v) is 9.37. The number of aromatic nitrogens is 2. The third-order valence-corrected chi connectivity index (χ3v) is 3.95. The molecule has 0 bridgehead atoms. The fourth-order valence-corrected chi connectivity index (χ4v) is 2.73. The van der Waals surface area contributed by atoms with E-state index in [-0.39, 0.29) is 0 Å². The first kappa shape index (κ1) is 22.7. The van der Waals surface area contributed by atoms with Gasteiger partial charge in [0.1, 0.15) is 5.82 Å². The zero-order valence-corrected chi connectivity index (χ0v) is 17.2. The lowest BCUT2D eigenvalue weighted by Crippen LogP contribution is -2.00. The summed E-state index contributed by atoms with van der Waals surface area (Å²) in [6.07, 6.45) is 13.0. The first-order chi connectivity index (χ1) is 13.7. The number of fused-ring (bicyclic) bond motifs is 1. The Morgan fingerprint density at radius 1 is 1.11 bits per heavy atom. The Balaban J connectivity index is 0.000000717. The molecular formula is C26H30N2. The van der Waals surface area contributed by atoms with Crippen molar-refractivity contribution in [1.82, 2.24) is 9.55 Å². The molecule has 0 fully saturated rings. The second-order valence-electron chi connectivity index (χ2n) is 6.00. The van der Waals surface area contributed by atoms with Gasteiger partial charge >= 0.3 is 0 Å². The standard InChI is InChI=1S/C21H22N2.C3H4.C2H4/c1-3-4-10-17(2)15-16-21-22-19-13-8-9-14-20(19)23(21)18-11-6-5-7-12-18;1-3-2;1-2/h3-9,11-15H,10,16H2,1-2H3;1H,2H3;1-2H2/b4-3-,17-15-;;. The molecule has 2 aromatic carbocycles. The number of para-hydroxylation sites is 3. The topological polar surface area (TPSA) is 17.8 Å². The molecule has 0 saturated carbocycles. The van der Waals surface area contributed by atoms with Gasteiger partial charge in [0.2, 0.25) is 0 Å². The van der Waals surface area contributed by atoms with E-state index in [4.69, 9.17) is 4.98 Å². The third kappa shape index (κ3) is 6.45. The Labute approximate surface area is 169 Å². The molecule has 0 saturated heterocycles. The van der Waals surface area contributed by atoms with Gasteiger partial charge < -0.3 is 0 Å². The van der Waals surface area contributed by atoms with E-state index in [2.05, 4.69) is 105 Å². The Morgan fingerprint density at radius 3 is 2.36 bits per heavy atom. The predicted molar refractivity (Wildman–Crippen MR) is 124 cm³/mol. The van der Waals surface area contributed by atoms with Crippen molar-refractivity contribution in [2.45, 2.75) is 33.6 Å². The average Bonchev–Trinajstić information content (AvgIpc) is 3.12. The van der Waals surface area contributed by atoms with Crippen molar-refractivity contribution < 1.29 is 0 Å². The predicted octanol–water partition coefficient (Wildman–Crippen LogP) is 6.92. The molecule has 0 unspecified atom stereocenters. The summed E-state index contributed by atoms with van der Waals surface area (Å²) in [5.74, 6) is 3.33. The van der Waals surface area contributed by atoms with Gasteiger partial charge in [-0.3, -0.25) is 4.57 Å². The van der Waals surface area contributed by atoms with E-state index in [0.717, 1.165) is 35.4 Å². The van der Waals surface area contributed by atoms with Crippen molar-refractivity contribution in [2.75, 3.05) is 0 Å². The number of rotatable bonds is 5. The van der Waals surface area contributed by atoms with Crippen LogP contribution in [0.5, 0.6) is 0 Å². The molecule has 0 amide bonds. The summed E-state index contributed by atoms with van der Waals surface area (Å²) >= 11 is 0. The van der Waals surface area contributed by atoms with Gasteiger partial charge in [0.05, 0.1) is 11.0 Å². The molecule has 3 aromatic rings. The Morgan fingerprint density at radius 2 is 1.71 bits per heavy atom. The van der Waals surface area contributed by atoms with Gasteiger partial charge in [0.25, 0.3) is 0 Å². The zero-order valence-electron chi connectivity index (χ0n) is 17.2. The molecule has 2 heteroatoms. The highest BCUT2D eigenvalue weighted by molar-refractivity contribution is 5.78. The van der Waals surface area contributed by atoms with Crippen molar-refractivity contribution >= 4 is 11.0 Å². The smallest absolute Gasteiger partial charge is 0.118 e. The Kier molecular flexibility index (Phi) is 10.5. The molecule has 0 aliphatic carbocycles. The molecule has 28 heavy (non-hydrogen) atoms. The van der Waals surface area contributed by atoms with Crippen LogP contribution in [0.25, 0.3) is 16.7 Å². The maximum Gasteiger partial charge on any atom is 0.118 e. The van der Waals surface area contributed by atoms with Gasteiger partial charge in [-0.15, -0.1) is 25.5 Å². The maximum absolute atomic E-state index is 4.84. The molecular weight excluding hydrogens is 340 g/mol. The van der Waals surface area contributed by atoms with Gasteiger partial charge in [-0.05, 0) is 51.5 Å². The van der Waals surface area contributed by atoms with E-state index < -0.39 is 0 Å². The quantitative estimate of drug-likeness (QED) is 0.352. The summed E-state index contributed by atoms with van der Waals surface area (Å²) in [4.78, 5) is 4.84. The van der Waals surface area contributed by atoms with Gasteiger partial charge in [0, 0.05) is 12.1 Å². The number of hydrogen-bond acceptors (Lipinski definition) is 1. The fraction of sp³-hybridized carbons (Fsp3) is 0.192. The summed E-state index contributed by atoms with van der Waals surface area (Å²) in [5, 5.41) is 0. The summed E-state index contributed by atoms with van der Waals surface area (Å²) in [5.41, 5.74) is 4.74. The molecule has 0 aliphatic rings. The molecule has 1 heterocycles. The molecule has 0 spiro atoms. The van der Waals surface area contributed by atoms with Gasteiger partial charge in [-0.1, -0.05) is 54.1 Å². The largest absolute Gasteiger partial charge is 0.296 e. The second-order valence-corrected chi connectivity index (χ2v) is 6.00. The van der Waals surface area contributed by atoms with Crippen LogP contribution in [0.3, 0.4) is 0 Å². The molecule has 2 nitrogen and oxygen atoms in total. The highest BCUT2D eigenvalue weighted by Gasteiger charge is 2.10. The molecule has 144 valence electrons. The highest BCUT2D eigenvalue weighted by atomic mass is 15.1. The van der Waals surface area contributed by atoms with E-state index in [1.807, 2.05) is 12.1 Å². The zero-order chi connectivity index (χ0) is 20.8. The first-order valence-electron chi connectivity index (χ1n) is 9.37. The highest BCUT2D eigenvalue weighted by Crippen LogP contribution is 2.22.